The molecule has 7 heteroatoms. The van der Waals surface area contributed by atoms with Crippen molar-refractivity contribution < 1.29 is 4.92 Å². The first kappa shape index (κ1) is 19.8. The third-order valence-electron chi connectivity index (χ3n) is 4.90. The zero-order valence-corrected chi connectivity index (χ0v) is 17.5. The van der Waals surface area contributed by atoms with E-state index in [1.54, 1.807) is 12.1 Å². The van der Waals surface area contributed by atoms with Crippen molar-refractivity contribution in [2.45, 2.75) is 24.8 Å². The SMILES string of the molecule is Cc1ccc(-n2c(SCc3cccc([N+](=O)[O-])c3)nnc2-c2ccccc2)cc1C. The fraction of sp³-hybridized carbons (Fsp3) is 0.130. The summed E-state index contributed by atoms with van der Waals surface area (Å²) in [5, 5.41) is 20.7. The average Bonchev–Trinajstić information content (AvgIpc) is 3.19. The molecule has 0 fully saturated rings. The fourth-order valence-corrected chi connectivity index (χ4v) is 4.04. The highest BCUT2D eigenvalue weighted by Gasteiger charge is 2.17. The van der Waals surface area contributed by atoms with E-state index in [4.69, 9.17) is 0 Å². The molecule has 0 N–H and O–H groups in total. The van der Waals surface area contributed by atoms with Gasteiger partial charge in [0.25, 0.3) is 5.69 Å². The van der Waals surface area contributed by atoms with Gasteiger partial charge in [-0.15, -0.1) is 10.2 Å². The van der Waals surface area contributed by atoms with E-state index in [0.29, 0.717) is 5.75 Å². The molecule has 150 valence electrons. The van der Waals surface area contributed by atoms with Crippen molar-refractivity contribution in [2.24, 2.45) is 0 Å². The number of thioether (sulfide) groups is 1. The molecule has 0 spiro atoms. The maximum atomic E-state index is 11.1. The molecule has 6 nitrogen and oxygen atoms in total. The Morgan fingerprint density at radius 1 is 0.933 bits per heavy atom. The van der Waals surface area contributed by atoms with Gasteiger partial charge in [0, 0.05) is 23.4 Å². The molecular weight excluding hydrogens is 396 g/mol. The Morgan fingerprint density at radius 2 is 1.73 bits per heavy atom. The van der Waals surface area contributed by atoms with Gasteiger partial charge < -0.3 is 0 Å². The fourth-order valence-electron chi connectivity index (χ4n) is 3.14. The van der Waals surface area contributed by atoms with Gasteiger partial charge >= 0.3 is 0 Å². The predicted octanol–water partition coefficient (Wildman–Crippen LogP) is 5.75. The summed E-state index contributed by atoms with van der Waals surface area (Å²) in [5.41, 5.74) is 5.33. The monoisotopic (exact) mass is 416 g/mol. The summed E-state index contributed by atoms with van der Waals surface area (Å²) in [4.78, 5) is 10.7. The van der Waals surface area contributed by atoms with Crippen molar-refractivity contribution in [3.05, 3.63) is 99.6 Å². The molecular formula is C23H20N4O2S. The molecule has 0 atom stereocenters. The molecule has 0 unspecified atom stereocenters. The second-order valence-electron chi connectivity index (χ2n) is 6.99. The first-order chi connectivity index (χ1) is 14.5. The lowest BCUT2D eigenvalue weighted by Gasteiger charge is -2.12. The number of rotatable bonds is 6. The van der Waals surface area contributed by atoms with E-state index in [0.717, 1.165) is 27.8 Å². The van der Waals surface area contributed by atoms with Crippen LogP contribution in [0.5, 0.6) is 0 Å². The highest BCUT2D eigenvalue weighted by atomic mass is 32.2. The molecule has 30 heavy (non-hydrogen) atoms. The minimum Gasteiger partial charge on any atom is -0.270 e. The van der Waals surface area contributed by atoms with Crippen LogP contribution in [0, 0.1) is 24.0 Å². The summed E-state index contributed by atoms with van der Waals surface area (Å²) >= 11 is 1.51. The molecule has 0 aliphatic carbocycles. The van der Waals surface area contributed by atoms with E-state index in [-0.39, 0.29) is 10.6 Å². The van der Waals surface area contributed by atoms with Gasteiger partial charge in [0.15, 0.2) is 11.0 Å². The van der Waals surface area contributed by atoms with Gasteiger partial charge in [-0.05, 0) is 42.7 Å². The maximum absolute atomic E-state index is 11.1. The van der Waals surface area contributed by atoms with Crippen molar-refractivity contribution in [2.75, 3.05) is 0 Å². The molecule has 1 heterocycles. The lowest BCUT2D eigenvalue weighted by Crippen LogP contribution is -2.01. The molecule has 4 rings (SSSR count). The number of nitro groups is 1. The second kappa shape index (κ2) is 8.51. The number of benzene rings is 3. The summed E-state index contributed by atoms with van der Waals surface area (Å²) in [6.45, 7) is 4.17. The van der Waals surface area contributed by atoms with Crippen LogP contribution in [0.25, 0.3) is 17.1 Å². The quantitative estimate of drug-likeness (QED) is 0.227. The van der Waals surface area contributed by atoms with Gasteiger partial charge in [0.05, 0.1) is 10.6 Å². The van der Waals surface area contributed by atoms with Crippen LogP contribution in [0.4, 0.5) is 5.69 Å². The van der Waals surface area contributed by atoms with Gasteiger partial charge in [-0.3, -0.25) is 14.7 Å². The number of aromatic nitrogens is 3. The molecule has 0 aliphatic heterocycles. The van der Waals surface area contributed by atoms with E-state index in [1.165, 1.54) is 29.0 Å². The van der Waals surface area contributed by atoms with Crippen molar-refractivity contribution in [3.8, 4) is 17.1 Å². The van der Waals surface area contributed by atoms with Crippen molar-refractivity contribution in [3.63, 3.8) is 0 Å². The summed E-state index contributed by atoms with van der Waals surface area (Å²) in [7, 11) is 0. The highest BCUT2D eigenvalue weighted by Crippen LogP contribution is 2.31. The van der Waals surface area contributed by atoms with Crippen LogP contribution >= 0.6 is 11.8 Å². The second-order valence-corrected chi connectivity index (χ2v) is 7.93. The smallest absolute Gasteiger partial charge is 0.269 e. The Labute approximate surface area is 178 Å². The maximum Gasteiger partial charge on any atom is 0.269 e. The standard InChI is InChI=1S/C23H20N4O2S/c1-16-11-12-20(13-17(16)2)26-22(19-8-4-3-5-9-19)24-25-23(26)30-15-18-7-6-10-21(14-18)27(28)29/h3-14H,15H2,1-2H3. The van der Waals surface area contributed by atoms with E-state index < -0.39 is 0 Å². The topological polar surface area (TPSA) is 73.8 Å². The Hall–Kier alpha value is -3.45. The first-order valence-corrected chi connectivity index (χ1v) is 10.5. The molecule has 1 aromatic heterocycles. The molecule has 3 aromatic carbocycles. The largest absolute Gasteiger partial charge is 0.270 e. The summed E-state index contributed by atoms with van der Waals surface area (Å²) < 4.78 is 2.05. The lowest BCUT2D eigenvalue weighted by atomic mass is 10.1. The highest BCUT2D eigenvalue weighted by molar-refractivity contribution is 7.98. The number of aryl methyl sites for hydroxylation is 2. The van der Waals surface area contributed by atoms with Gasteiger partial charge in [-0.25, -0.2) is 0 Å². The Bertz CT molecular complexity index is 1210. The summed E-state index contributed by atoms with van der Waals surface area (Å²) in [6.07, 6.45) is 0. The van der Waals surface area contributed by atoms with Gasteiger partial charge in [-0.2, -0.15) is 0 Å². The third-order valence-corrected chi connectivity index (χ3v) is 5.90. The van der Waals surface area contributed by atoms with Crippen molar-refractivity contribution in [1.82, 2.24) is 14.8 Å². The zero-order chi connectivity index (χ0) is 21.1. The van der Waals surface area contributed by atoms with Gasteiger partial charge in [0.1, 0.15) is 0 Å². The average molecular weight is 417 g/mol. The Morgan fingerprint density at radius 3 is 2.47 bits per heavy atom. The van der Waals surface area contributed by atoms with Crippen molar-refractivity contribution in [1.29, 1.82) is 0 Å². The molecule has 0 bridgehead atoms. The minimum absolute atomic E-state index is 0.0914. The normalized spacial score (nSPS) is 10.9. The zero-order valence-electron chi connectivity index (χ0n) is 16.6. The minimum atomic E-state index is -0.376. The Kier molecular flexibility index (Phi) is 5.63. The van der Waals surface area contributed by atoms with Crippen LogP contribution < -0.4 is 0 Å². The molecule has 0 amide bonds. The van der Waals surface area contributed by atoms with Crippen LogP contribution in [-0.2, 0) is 5.75 Å². The van der Waals surface area contributed by atoms with E-state index in [1.807, 2.05) is 41.0 Å². The first-order valence-electron chi connectivity index (χ1n) is 9.47. The number of nitrogens with zero attached hydrogens (tertiary/aromatic N) is 4. The van der Waals surface area contributed by atoms with E-state index in [2.05, 4.69) is 42.2 Å². The molecule has 0 saturated heterocycles. The van der Waals surface area contributed by atoms with Crippen LogP contribution in [0.15, 0.2) is 78.0 Å². The lowest BCUT2D eigenvalue weighted by molar-refractivity contribution is -0.384. The molecule has 0 aliphatic rings. The van der Waals surface area contributed by atoms with Gasteiger partial charge in [0.2, 0.25) is 0 Å². The molecule has 0 radical (unpaired) electrons. The summed E-state index contributed by atoms with van der Waals surface area (Å²) in [6, 6.07) is 22.9. The number of nitro benzene ring substituents is 1. The van der Waals surface area contributed by atoms with Crippen LogP contribution in [0.3, 0.4) is 0 Å². The van der Waals surface area contributed by atoms with Crippen LogP contribution in [0.2, 0.25) is 0 Å². The molecule has 4 aromatic rings. The number of hydrogen-bond donors (Lipinski definition) is 0. The predicted molar refractivity (Wildman–Crippen MR) is 119 cm³/mol. The number of non-ortho nitro benzene ring substituents is 1. The van der Waals surface area contributed by atoms with Gasteiger partial charge in [-0.1, -0.05) is 60.3 Å². The van der Waals surface area contributed by atoms with E-state index in [9.17, 15) is 10.1 Å². The third kappa shape index (κ3) is 4.11. The summed E-state index contributed by atoms with van der Waals surface area (Å²) in [5.74, 6) is 1.32. The van der Waals surface area contributed by atoms with Crippen molar-refractivity contribution >= 4 is 17.4 Å². The van der Waals surface area contributed by atoms with Crippen LogP contribution in [0.1, 0.15) is 16.7 Å². The number of hydrogen-bond acceptors (Lipinski definition) is 5. The molecule has 0 saturated carbocycles. The van der Waals surface area contributed by atoms with Crippen LogP contribution in [-0.4, -0.2) is 19.7 Å². The Balaban J connectivity index is 1.73. The van der Waals surface area contributed by atoms with E-state index >= 15 is 0 Å².